The number of hydrogen-bond donors (Lipinski definition) is 4. The van der Waals surface area contributed by atoms with Gasteiger partial charge in [-0.1, -0.05) is 31.2 Å². The van der Waals surface area contributed by atoms with Crippen molar-refractivity contribution >= 4 is 29.2 Å². The lowest BCUT2D eigenvalue weighted by atomic mass is 9.96. The average Bonchev–Trinajstić information content (AvgIpc) is 2.64. The number of amides is 3. The fourth-order valence-electron chi connectivity index (χ4n) is 2.89. The number of nitrogens with one attached hydrogen (secondary N) is 3. The summed E-state index contributed by atoms with van der Waals surface area (Å²) in [4.78, 5) is 24.6. The quantitative estimate of drug-likeness (QED) is 0.519. The van der Waals surface area contributed by atoms with Gasteiger partial charge in [-0.05, 0) is 57.0 Å². The summed E-state index contributed by atoms with van der Waals surface area (Å²) in [5.74, 6) is 0. The number of anilines is 3. The molecule has 3 amide bonds. The van der Waals surface area contributed by atoms with Crippen LogP contribution in [-0.4, -0.2) is 28.9 Å². The van der Waals surface area contributed by atoms with Gasteiger partial charge in [-0.2, -0.15) is 0 Å². The largest absolute Gasteiger partial charge is 0.443 e. The molecule has 0 aromatic heterocycles. The maximum Gasteiger partial charge on any atom is 0.412 e. The first-order valence-electron chi connectivity index (χ1n) is 9.62. The zero-order valence-corrected chi connectivity index (χ0v) is 17.3. The standard InChI is InChI=1S/C22H29N3O4/c1-5-22(4,14-16(3)26)29-21(28)25-19-13-18(12-11-15(19)2)24-20(27)23-17-9-7-6-8-10-17/h6-13,16,26H,5,14H2,1-4H3,(H,25,28)(H2,23,24,27). The SMILES string of the molecule is CCC(C)(CC(C)O)OC(=O)Nc1cc(NC(=O)Nc2ccccc2)ccc1C. The molecule has 0 heterocycles. The fraction of sp³-hybridized carbons (Fsp3) is 0.364. The average molecular weight is 399 g/mol. The molecule has 0 spiro atoms. The maximum absolute atomic E-state index is 12.4. The molecule has 29 heavy (non-hydrogen) atoms. The minimum absolute atomic E-state index is 0.344. The first kappa shape index (κ1) is 22.2. The predicted molar refractivity (Wildman–Crippen MR) is 115 cm³/mol. The van der Waals surface area contributed by atoms with Crippen molar-refractivity contribution in [2.75, 3.05) is 16.0 Å². The van der Waals surface area contributed by atoms with E-state index in [0.717, 1.165) is 5.56 Å². The Morgan fingerprint density at radius 3 is 2.34 bits per heavy atom. The van der Waals surface area contributed by atoms with Crippen LogP contribution in [0.4, 0.5) is 26.7 Å². The van der Waals surface area contributed by atoms with E-state index < -0.39 is 17.8 Å². The van der Waals surface area contributed by atoms with E-state index in [1.54, 1.807) is 44.2 Å². The van der Waals surface area contributed by atoms with E-state index in [0.29, 0.717) is 29.9 Å². The van der Waals surface area contributed by atoms with Crippen LogP contribution in [0.1, 0.15) is 39.2 Å². The van der Waals surface area contributed by atoms with Gasteiger partial charge in [-0.3, -0.25) is 5.32 Å². The first-order chi connectivity index (χ1) is 13.7. The van der Waals surface area contributed by atoms with Crippen molar-refractivity contribution in [1.82, 2.24) is 0 Å². The van der Waals surface area contributed by atoms with Crippen LogP contribution < -0.4 is 16.0 Å². The third kappa shape index (κ3) is 7.12. The Balaban J connectivity index is 2.02. The lowest BCUT2D eigenvalue weighted by Crippen LogP contribution is -2.36. The van der Waals surface area contributed by atoms with Gasteiger partial charge in [0.25, 0.3) is 0 Å². The Morgan fingerprint density at radius 1 is 1.07 bits per heavy atom. The van der Waals surface area contributed by atoms with Crippen LogP contribution in [-0.2, 0) is 4.74 Å². The Bertz CT molecular complexity index is 839. The van der Waals surface area contributed by atoms with Crippen LogP contribution in [0.25, 0.3) is 0 Å². The van der Waals surface area contributed by atoms with Gasteiger partial charge in [-0.15, -0.1) is 0 Å². The normalized spacial score (nSPS) is 13.7. The minimum atomic E-state index is -0.766. The highest BCUT2D eigenvalue weighted by Gasteiger charge is 2.28. The van der Waals surface area contributed by atoms with Gasteiger partial charge in [0.15, 0.2) is 0 Å². The number of para-hydroxylation sites is 1. The lowest BCUT2D eigenvalue weighted by molar-refractivity contribution is -0.00567. The number of aryl methyl sites for hydroxylation is 1. The second-order valence-corrected chi connectivity index (χ2v) is 7.35. The molecular formula is C22H29N3O4. The Morgan fingerprint density at radius 2 is 1.72 bits per heavy atom. The molecule has 2 atom stereocenters. The number of rotatable bonds is 7. The predicted octanol–water partition coefficient (Wildman–Crippen LogP) is 5.13. The van der Waals surface area contributed by atoms with Gasteiger partial charge in [0.1, 0.15) is 5.60 Å². The second-order valence-electron chi connectivity index (χ2n) is 7.35. The molecule has 7 nitrogen and oxygen atoms in total. The Hall–Kier alpha value is -3.06. The first-order valence-corrected chi connectivity index (χ1v) is 9.62. The molecule has 0 bridgehead atoms. The zero-order chi connectivity index (χ0) is 21.4. The molecule has 2 aromatic carbocycles. The van der Waals surface area contributed by atoms with Crippen molar-refractivity contribution in [3.8, 4) is 0 Å². The fourth-order valence-corrected chi connectivity index (χ4v) is 2.89. The van der Waals surface area contributed by atoms with Crippen molar-refractivity contribution in [2.45, 2.75) is 52.2 Å². The lowest BCUT2D eigenvalue weighted by Gasteiger charge is -2.29. The summed E-state index contributed by atoms with van der Waals surface area (Å²) in [5.41, 5.74) is 1.79. The molecule has 2 rings (SSSR count). The number of carbonyl (C=O) groups is 2. The van der Waals surface area contributed by atoms with Crippen LogP contribution in [0.2, 0.25) is 0 Å². The summed E-state index contributed by atoms with van der Waals surface area (Å²) < 4.78 is 5.55. The Labute approximate surface area is 171 Å². The highest BCUT2D eigenvalue weighted by atomic mass is 16.6. The van der Waals surface area contributed by atoms with Gasteiger partial charge in [0.05, 0.1) is 6.10 Å². The molecule has 156 valence electrons. The molecule has 0 aliphatic heterocycles. The van der Waals surface area contributed by atoms with Crippen molar-refractivity contribution < 1.29 is 19.4 Å². The summed E-state index contributed by atoms with van der Waals surface area (Å²) in [6, 6.07) is 13.9. The Kier molecular flexibility index (Phi) is 7.61. The molecule has 0 aliphatic rings. The van der Waals surface area contributed by atoms with Gasteiger partial charge in [0, 0.05) is 23.5 Å². The molecular weight excluding hydrogens is 370 g/mol. The topological polar surface area (TPSA) is 99.7 Å². The van der Waals surface area contributed by atoms with Crippen LogP contribution in [0.15, 0.2) is 48.5 Å². The molecule has 0 aliphatic carbocycles. The van der Waals surface area contributed by atoms with Crippen molar-refractivity contribution in [1.29, 1.82) is 0 Å². The summed E-state index contributed by atoms with van der Waals surface area (Å²) >= 11 is 0. The molecule has 0 radical (unpaired) electrons. The van der Waals surface area contributed by atoms with Gasteiger partial charge in [0.2, 0.25) is 0 Å². The van der Waals surface area contributed by atoms with E-state index in [1.807, 2.05) is 32.0 Å². The van der Waals surface area contributed by atoms with Crippen molar-refractivity contribution in [3.05, 3.63) is 54.1 Å². The van der Waals surface area contributed by atoms with Crippen LogP contribution in [0.5, 0.6) is 0 Å². The molecule has 0 saturated heterocycles. The number of aliphatic hydroxyl groups excluding tert-OH is 1. The van der Waals surface area contributed by atoms with Gasteiger partial charge in [-0.25, -0.2) is 9.59 Å². The van der Waals surface area contributed by atoms with E-state index in [1.165, 1.54) is 0 Å². The zero-order valence-electron chi connectivity index (χ0n) is 17.3. The van der Waals surface area contributed by atoms with E-state index in [-0.39, 0.29) is 6.03 Å². The number of urea groups is 1. The minimum Gasteiger partial charge on any atom is -0.443 e. The molecule has 0 fully saturated rings. The second kappa shape index (κ2) is 9.93. The molecule has 2 aromatic rings. The number of hydrogen-bond acceptors (Lipinski definition) is 4. The van der Waals surface area contributed by atoms with Crippen LogP contribution in [0.3, 0.4) is 0 Å². The highest BCUT2D eigenvalue weighted by Crippen LogP contribution is 2.25. The summed E-state index contributed by atoms with van der Waals surface area (Å²) in [5, 5.41) is 17.8. The molecule has 2 unspecified atom stereocenters. The number of ether oxygens (including phenoxy) is 1. The van der Waals surface area contributed by atoms with E-state index in [4.69, 9.17) is 4.74 Å². The number of benzene rings is 2. The van der Waals surface area contributed by atoms with Gasteiger partial charge < -0.3 is 20.5 Å². The summed E-state index contributed by atoms with van der Waals surface area (Å²) in [7, 11) is 0. The third-order valence-electron chi connectivity index (χ3n) is 4.58. The van der Waals surface area contributed by atoms with Crippen LogP contribution >= 0.6 is 0 Å². The van der Waals surface area contributed by atoms with E-state index in [2.05, 4.69) is 16.0 Å². The van der Waals surface area contributed by atoms with E-state index in [9.17, 15) is 14.7 Å². The maximum atomic E-state index is 12.4. The summed E-state index contributed by atoms with van der Waals surface area (Å²) in [6.07, 6.45) is -0.267. The molecule has 4 N–H and O–H groups in total. The van der Waals surface area contributed by atoms with Gasteiger partial charge >= 0.3 is 12.1 Å². The highest BCUT2D eigenvalue weighted by molar-refractivity contribution is 6.00. The third-order valence-corrected chi connectivity index (χ3v) is 4.58. The van der Waals surface area contributed by atoms with Crippen molar-refractivity contribution in [3.63, 3.8) is 0 Å². The monoisotopic (exact) mass is 399 g/mol. The molecule has 7 heteroatoms. The van der Waals surface area contributed by atoms with Crippen molar-refractivity contribution in [2.24, 2.45) is 0 Å². The number of aliphatic hydroxyl groups is 1. The number of carbonyl (C=O) groups excluding carboxylic acids is 2. The molecule has 0 saturated carbocycles. The smallest absolute Gasteiger partial charge is 0.412 e. The summed E-state index contributed by atoms with van der Waals surface area (Å²) in [6.45, 7) is 7.20. The van der Waals surface area contributed by atoms with E-state index >= 15 is 0 Å². The van der Waals surface area contributed by atoms with Crippen LogP contribution in [0, 0.1) is 6.92 Å².